The molecule has 0 atom stereocenters. The molecule has 0 saturated carbocycles. The Morgan fingerprint density at radius 2 is 2.00 bits per heavy atom. The zero-order valence-corrected chi connectivity index (χ0v) is 7.86. The third-order valence-corrected chi connectivity index (χ3v) is 1.88. The van der Waals surface area contributed by atoms with Gasteiger partial charge in [-0.2, -0.15) is 18.4 Å². The SMILES string of the molecule is N#Cc1ccc(C(F)(F)F)cc1C(=O)Cl. The predicted molar refractivity (Wildman–Crippen MR) is 46.3 cm³/mol. The molecule has 1 aromatic carbocycles. The highest BCUT2D eigenvalue weighted by Crippen LogP contribution is 2.30. The molecular weight excluding hydrogens is 231 g/mol. The van der Waals surface area contributed by atoms with Gasteiger partial charge in [0.1, 0.15) is 0 Å². The van der Waals surface area contributed by atoms with Crippen LogP contribution in [-0.2, 0) is 6.18 Å². The lowest BCUT2D eigenvalue weighted by atomic mass is 10.1. The Morgan fingerprint density at radius 3 is 2.40 bits per heavy atom. The van der Waals surface area contributed by atoms with Crippen molar-refractivity contribution in [2.45, 2.75) is 6.18 Å². The summed E-state index contributed by atoms with van der Waals surface area (Å²) in [6, 6.07) is 3.79. The second-order valence-electron chi connectivity index (χ2n) is 2.64. The number of alkyl halides is 3. The number of benzene rings is 1. The lowest BCUT2D eigenvalue weighted by Gasteiger charge is -2.07. The molecule has 0 radical (unpaired) electrons. The maximum Gasteiger partial charge on any atom is 0.416 e. The molecule has 0 saturated heterocycles. The molecule has 0 aromatic heterocycles. The topological polar surface area (TPSA) is 40.9 Å². The van der Waals surface area contributed by atoms with E-state index in [1.165, 1.54) is 0 Å². The third-order valence-electron chi connectivity index (χ3n) is 1.68. The smallest absolute Gasteiger partial charge is 0.276 e. The number of nitrogens with zero attached hydrogens (tertiary/aromatic N) is 1. The van der Waals surface area contributed by atoms with Gasteiger partial charge in [0.2, 0.25) is 0 Å². The first-order chi connectivity index (χ1) is 6.86. The molecule has 0 N–H and O–H groups in total. The van der Waals surface area contributed by atoms with Crippen LogP contribution in [0, 0.1) is 11.3 Å². The molecule has 6 heteroatoms. The van der Waals surface area contributed by atoms with Gasteiger partial charge in [0.05, 0.1) is 22.8 Å². The highest BCUT2D eigenvalue weighted by atomic mass is 35.5. The van der Waals surface area contributed by atoms with E-state index in [2.05, 4.69) is 0 Å². The Kier molecular flexibility index (Phi) is 3.01. The molecule has 0 spiro atoms. The van der Waals surface area contributed by atoms with E-state index in [4.69, 9.17) is 16.9 Å². The van der Waals surface area contributed by atoms with Crippen LogP contribution in [0.3, 0.4) is 0 Å². The zero-order valence-electron chi connectivity index (χ0n) is 7.10. The maximum absolute atomic E-state index is 12.2. The quantitative estimate of drug-likeness (QED) is 0.700. The number of rotatable bonds is 1. The summed E-state index contributed by atoms with van der Waals surface area (Å²) in [6.45, 7) is 0. The van der Waals surface area contributed by atoms with Gasteiger partial charge in [-0.1, -0.05) is 0 Å². The van der Waals surface area contributed by atoms with Gasteiger partial charge in [0.15, 0.2) is 0 Å². The number of halogens is 4. The fraction of sp³-hybridized carbons (Fsp3) is 0.111. The third kappa shape index (κ3) is 2.48. The number of hydrogen-bond acceptors (Lipinski definition) is 2. The Hall–Kier alpha value is -1.54. The molecule has 0 amide bonds. The zero-order chi connectivity index (χ0) is 11.6. The average Bonchev–Trinajstić information content (AvgIpc) is 2.15. The first-order valence-electron chi connectivity index (χ1n) is 3.67. The number of nitriles is 1. The fourth-order valence-corrected chi connectivity index (χ4v) is 1.14. The molecule has 78 valence electrons. The first-order valence-corrected chi connectivity index (χ1v) is 4.05. The van der Waals surface area contributed by atoms with Crippen LogP contribution in [0.1, 0.15) is 21.5 Å². The standard InChI is InChI=1S/C9H3ClF3NO/c10-8(15)7-3-6(9(11,12)13)2-1-5(7)4-14/h1-3H. The largest absolute Gasteiger partial charge is 0.416 e. The normalized spacial score (nSPS) is 10.9. The van der Waals surface area contributed by atoms with Gasteiger partial charge in [-0.05, 0) is 29.8 Å². The van der Waals surface area contributed by atoms with Crippen LogP contribution in [0.5, 0.6) is 0 Å². The molecule has 2 nitrogen and oxygen atoms in total. The lowest BCUT2D eigenvalue weighted by molar-refractivity contribution is -0.137. The van der Waals surface area contributed by atoms with Crippen molar-refractivity contribution in [1.82, 2.24) is 0 Å². The summed E-state index contributed by atoms with van der Waals surface area (Å²) in [5.41, 5.74) is -1.62. The van der Waals surface area contributed by atoms with Gasteiger partial charge >= 0.3 is 6.18 Å². The van der Waals surface area contributed by atoms with Crippen LogP contribution in [-0.4, -0.2) is 5.24 Å². The van der Waals surface area contributed by atoms with Gasteiger partial charge in [-0.15, -0.1) is 0 Å². The second kappa shape index (κ2) is 3.91. The minimum absolute atomic E-state index is 0.178. The highest BCUT2D eigenvalue weighted by Gasteiger charge is 2.31. The predicted octanol–water partition coefficient (Wildman–Crippen LogP) is 2.96. The van der Waals surface area contributed by atoms with Crippen molar-refractivity contribution in [2.75, 3.05) is 0 Å². The van der Waals surface area contributed by atoms with E-state index >= 15 is 0 Å². The minimum atomic E-state index is -4.56. The molecule has 0 heterocycles. The van der Waals surface area contributed by atoms with Crippen molar-refractivity contribution in [2.24, 2.45) is 0 Å². The molecule has 0 aliphatic rings. The van der Waals surface area contributed by atoms with E-state index in [1.807, 2.05) is 0 Å². The molecule has 0 fully saturated rings. The van der Waals surface area contributed by atoms with Gasteiger partial charge in [0.25, 0.3) is 5.24 Å². The number of hydrogen-bond donors (Lipinski definition) is 0. The molecular formula is C9H3ClF3NO. The second-order valence-corrected chi connectivity index (χ2v) is 2.99. The summed E-state index contributed by atoms with van der Waals surface area (Å²) < 4.78 is 36.7. The maximum atomic E-state index is 12.2. The fourth-order valence-electron chi connectivity index (χ4n) is 0.981. The van der Waals surface area contributed by atoms with E-state index in [9.17, 15) is 18.0 Å². The average molecular weight is 234 g/mol. The molecule has 0 aliphatic heterocycles. The van der Waals surface area contributed by atoms with E-state index in [1.54, 1.807) is 6.07 Å². The lowest BCUT2D eigenvalue weighted by Crippen LogP contribution is -2.07. The van der Waals surface area contributed by atoms with Crippen molar-refractivity contribution in [1.29, 1.82) is 5.26 Å². The molecule has 0 unspecified atom stereocenters. The monoisotopic (exact) mass is 233 g/mol. The van der Waals surface area contributed by atoms with Crippen molar-refractivity contribution in [3.8, 4) is 6.07 Å². The summed E-state index contributed by atoms with van der Waals surface area (Å²) in [5.74, 6) is 0. The van der Waals surface area contributed by atoms with Gasteiger partial charge in [-0.3, -0.25) is 4.79 Å². The van der Waals surface area contributed by atoms with Crippen LogP contribution >= 0.6 is 11.6 Å². The van der Waals surface area contributed by atoms with Crippen molar-refractivity contribution < 1.29 is 18.0 Å². The molecule has 0 bridgehead atoms. The van der Waals surface area contributed by atoms with Crippen molar-refractivity contribution in [3.63, 3.8) is 0 Å². The minimum Gasteiger partial charge on any atom is -0.276 e. The van der Waals surface area contributed by atoms with Gasteiger partial charge in [0, 0.05) is 0 Å². The molecule has 0 aliphatic carbocycles. The number of carbonyl (C=O) groups is 1. The molecule has 1 rings (SSSR count). The molecule has 1 aromatic rings. The van der Waals surface area contributed by atoms with Crippen LogP contribution < -0.4 is 0 Å². The van der Waals surface area contributed by atoms with Crippen LogP contribution in [0.15, 0.2) is 18.2 Å². The summed E-state index contributed by atoms with van der Waals surface area (Å²) in [6.07, 6.45) is -4.56. The van der Waals surface area contributed by atoms with Gasteiger partial charge < -0.3 is 0 Å². The Labute approximate surface area is 87.9 Å². The van der Waals surface area contributed by atoms with E-state index < -0.39 is 22.5 Å². The van der Waals surface area contributed by atoms with Crippen LogP contribution in [0.2, 0.25) is 0 Å². The van der Waals surface area contributed by atoms with Crippen molar-refractivity contribution in [3.05, 3.63) is 34.9 Å². The van der Waals surface area contributed by atoms with Crippen molar-refractivity contribution >= 4 is 16.8 Å². The van der Waals surface area contributed by atoms with E-state index in [0.717, 1.165) is 12.1 Å². The Bertz CT molecular complexity index is 448. The summed E-state index contributed by atoms with van der Waals surface area (Å²) in [5, 5.41) is 7.43. The molecule has 15 heavy (non-hydrogen) atoms. The number of carbonyl (C=O) groups excluding carboxylic acids is 1. The Morgan fingerprint density at radius 1 is 1.40 bits per heavy atom. The summed E-state index contributed by atoms with van der Waals surface area (Å²) in [4.78, 5) is 10.8. The first kappa shape index (κ1) is 11.5. The van der Waals surface area contributed by atoms with Gasteiger partial charge in [-0.25, -0.2) is 0 Å². The summed E-state index contributed by atoms with van der Waals surface area (Å²) >= 11 is 5.05. The Balaban J connectivity index is 3.37. The van der Waals surface area contributed by atoms with Crippen LogP contribution in [0.25, 0.3) is 0 Å². The van der Waals surface area contributed by atoms with Crippen LogP contribution in [0.4, 0.5) is 13.2 Å². The van der Waals surface area contributed by atoms with E-state index in [-0.39, 0.29) is 5.56 Å². The summed E-state index contributed by atoms with van der Waals surface area (Å²) in [7, 11) is 0. The van der Waals surface area contributed by atoms with E-state index in [0.29, 0.717) is 6.07 Å². The highest BCUT2D eigenvalue weighted by molar-refractivity contribution is 6.68.